The van der Waals surface area contributed by atoms with Crippen LogP contribution in [0.2, 0.25) is 5.02 Å². The number of nitrogens with zero attached hydrogens (tertiary/aromatic N) is 1. The molecule has 1 aromatic rings. The molecule has 0 spiro atoms. The molecule has 0 amide bonds. The van der Waals surface area contributed by atoms with Gasteiger partial charge < -0.3 is 0 Å². The number of halogens is 2. The van der Waals surface area contributed by atoms with Crippen molar-refractivity contribution in [1.29, 1.82) is 0 Å². The Kier molecular flexibility index (Phi) is 5.02. The van der Waals surface area contributed by atoms with E-state index in [1.165, 1.54) is 5.54 Å². The van der Waals surface area contributed by atoms with E-state index in [-0.39, 0.29) is 0 Å². The topological polar surface area (TPSA) is 3.24 Å². The van der Waals surface area contributed by atoms with Gasteiger partial charge in [0.15, 0.2) is 0 Å². The average molecular weight is 230 g/mol. The molecule has 76 valence electrons. The zero-order valence-electron chi connectivity index (χ0n) is 8.08. The highest BCUT2D eigenvalue weighted by Crippen LogP contribution is 2.16. The molecule has 0 saturated heterocycles. The molecule has 1 aromatic carbocycles. The molecule has 0 aromatic heterocycles. The lowest BCUT2D eigenvalue weighted by atomic mass is 10.2. The Labute approximate surface area is 94.9 Å². The van der Waals surface area contributed by atoms with Crippen LogP contribution in [0.1, 0.15) is 5.56 Å². The van der Waals surface area contributed by atoms with E-state index in [4.69, 9.17) is 23.2 Å². The van der Waals surface area contributed by atoms with Crippen LogP contribution >= 0.6 is 23.2 Å². The first-order valence-corrected chi connectivity index (χ1v) is 5.22. The van der Waals surface area contributed by atoms with Crippen molar-refractivity contribution in [2.45, 2.75) is 6.54 Å². The highest BCUT2D eigenvalue weighted by Gasteiger charge is 2.01. The summed E-state index contributed by atoms with van der Waals surface area (Å²) in [5, 5.41) is 0.814. The number of hydrogen-bond donors (Lipinski definition) is 0. The first-order valence-electron chi connectivity index (χ1n) is 4.41. The highest BCUT2D eigenvalue weighted by molar-refractivity contribution is 6.31. The Morgan fingerprint density at radius 1 is 1.36 bits per heavy atom. The van der Waals surface area contributed by atoms with Gasteiger partial charge in [0.05, 0.1) is 0 Å². The van der Waals surface area contributed by atoms with Crippen LogP contribution in [0.15, 0.2) is 35.9 Å². The van der Waals surface area contributed by atoms with E-state index in [0.29, 0.717) is 0 Å². The Hall–Kier alpha value is -0.500. The maximum Gasteiger partial charge on any atom is 0.0451 e. The summed E-state index contributed by atoms with van der Waals surface area (Å²) in [6, 6.07) is 7.86. The molecule has 0 heterocycles. The van der Waals surface area contributed by atoms with Crippen molar-refractivity contribution < 1.29 is 0 Å². The van der Waals surface area contributed by atoms with Crippen LogP contribution in [0.5, 0.6) is 0 Å². The first kappa shape index (κ1) is 11.6. The van der Waals surface area contributed by atoms with Crippen LogP contribution in [-0.4, -0.2) is 18.5 Å². The van der Waals surface area contributed by atoms with Crippen molar-refractivity contribution in [3.8, 4) is 0 Å². The van der Waals surface area contributed by atoms with Crippen LogP contribution in [0.3, 0.4) is 0 Å². The van der Waals surface area contributed by atoms with Gasteiger partial charge in [-0.3, -0.25) is 4.90 Å². The molecule has 0 bridgehead atoms. The van der Waals surface area contributed by atoms with Crippen LogP contribution in [0, 0.1) is 0 Å². The molecule has 0 saturated carbocycles. The molecule has 14 heavy (non-hydrogen) atoms. The predicted octanol–water partition coefficient (Wildman–Crippen LogP) is 3.52. The van der Waals surface area contributed by atoms with E-state index in [0.717, 1.165) is 23.7 Å². The summed E-state index contributed by atoms with van der Waals surface area (Å²) in [6.45, 7) is 1.66. The minimum atomic E-state index is 0.814. The Morgan fingerprint density at radius 2 is 2.07 bits per heavy atom. The lowest BCUT2D eigenvalue weighted by Crippen LogP contribution is -2.17. The highest BCUT2D eigenvalue weighted by atomic mass is 35.5. The second-order valence-electron chi connectivity index (χ2n) is 3.15. The van der Waals surface area contributed by atoms with Crippen molar-refractivity contribution in [3.05, 3.63) is 46.5 Å². The lowest BCUT2D eigenvalue weighted by molar-refractivity contribution is 0.363. The van der Waals surface area contributed by atoms with E-state index in [2.05, 4.69) is 4.90 Å². The minimum Gasteiger partial charge on any atom is -0.298 e. The van der Waals surface area contributed by atoms with E-state index in [9.17, 15) is 0 Å². The van der Waals surface area contributed by atoms with Gasteiger partial charge in [-0.15, -0.1) is 0 Å². The molecule has 0 aliphatic carbocycles. The summed E-state index contributed by atoms with van der Waals surface area (Å²) in [7, 11) is 2.03. The van der Waals surface area contributed by atoms with E-state index in [1.807, 2.05) is 37.4 Å². The number of likely N-dealkylation sites (N-methyl/N-ethyl adjacent to an activating group) is 1. The van der Waals surface area contributed by atoms with Crippen molar-refractivity contribution in [2.24, 2.45) is 0 Å². The second-order valence-corrected chi connectivity index (χ2v) is 3.81. The SMILES string of the molecule is CN(C/C=C/Cl)Cc1ccccc1Cl. The smallest absolute Gasteiger partial charge is 0.0451 e. The van der Waals surface area contributed by atoms with Crippen LogP contribution in [0.25, 0.3) is 0 Å². The third-order valence-corrected chi connectivity index (χ3v) is 2.45. The summed E-state index contributed by atoms with van der Waals surface area (Å²) in [5.74, 6) is 0. The summed E-state index contributed by atoms with van der Waals surface area (Å²) >= 11 is 11.5. The predicted molar refractivity (Wildman–Crippen MR) is 62.8 cm³/mol. The molecule has 0 radical (unpaired) electrons. The second kappa shape index (κ2) is 6.07. The van der Waals surface area contributed by atoms with Crippen LogP contribution < -0.4 is 0 Å². The van der Waals surface area contributed by atoms with Gasteiger partial charge in [0.2, 0.25) is 0 Å². The van der Waals surface area contributed by atoms with Gasteiger partial charge in [-0.2, -0.15) is 0 Å². The molecule has 0 unspecified atom stereocenters. The minimum absolute atomic E-state index is 0.814. The van der Waals surface area contributed by atoms with Gasteiger partial charge in [-0.25, -0.2) is 0 Å². The molecular formula is C11H13Cl2N. The fourth-order valence-electron chi connectivity index (χ4n) is 1.20. The molecule has 0 fully saturated rings. The van der Waals surface area contributed by atoms with Crippen molar-refractivity contribution in [3.63, 3.8) is 0 Å². The largest absolute Gasteiger partial charge is 0.298 e. The molecule has 0 aliphatic rings. The van der Waals surface area contributed by atoms with Crippen molar-refractivity contribution in [1.82, 2.24) is 4.90 Å². The zero-order valence-corrected chi connectivity index (χ0v) is 9.59. The first-order chi connectivity index (χ1) is 6.74. The standard InChI is InChI=1S/C11H13Cl2N/c1-14(8-4-7-12)9-10-5-2-3-6-11(10)13/h2-7H,8-9H2,1H3/b7-4+. The molecule has 3 heteroatoms. The number of benzene rings is 1. The summed E-state index contributed by atoms with van der Waals surface area (Å²) < 4.78 is 0. The van der Waals surface area contributed by atoms with Crippen molar-refractivity contribution >= 4 is 23.2 Å². The molecule has 1 nitrogen and oxygen atoms in total. The normalized spacial score (nSPS) is 11.4. The van der Waals surface area contributed by atoms with E-state index >= 15 is 0 Å². The van der Waals surface area contributed by atoms with E-state index in [1.54, 1.807) is 0 Å². The Morgan fingerprint density at radius 3 is 2.71 bits per heavy atom. The fourth-order valence-corrected chi connectivity index (χ4v) is 1.48. The molecule has 1 rings (SSSR count). The van der Waals surface area contributed by atoms with E-state index < -0.39 is 0 Å². The maximum absolute atomic E-state index is 6.03. The van der Waals surface area contributed by atoms with Gasteiger partial charge >= 0.3 is 0 Å². The van der Waals surface area contributed by atoms with Crippen LogP contribution in [-0.2, 0) is 6.54 Å². The van der Waals surface area contributed by atoms with Crippen LogP contribution in [0.4, 0.5) is 0 Å². The third kappa shape index (κ3) is 3.70. The maximum atomic E-state index is 6.03. The lowest BCUT2D eigenvalue weighted by Gasteiger charge is -2.14. The Balaban J connectivity index is 2.55. The van der Waals surface area contributed by atoms with Gasteiger partial charge in [-0.1, -0.05) is 47.5 Å². The third-order valence-electron chi connectivity index (χ3n) is 1.90. The van der Waals surface area contributed by atoms with Crippen molar-refractivity contribution in [2.75, 3.05) is 13.6 Å². The number of hydrogen-bond acceptors (Lipinski definition) is 1. The van der Waals surface area contributed by atoms with Gasteiger partial charge in [0.1, 0.15) is 0 Å². The quantitative estimate of drug-likeness (QED) is 0.764. The van der Waals surface area contributed by atoms with Gasteiger partial charge in [0, 0.05) is 23.6 Å². The van der Waals surface area contributed by atoms with Gasteiger partial charge in [-0.05, 0) is 18.7 Å². The average Bonchev–Trinajstić information content (AvgIpc) is 2.18. The zero-order chi connectivity index (χ0) is 10.4. The molecular weight excluding hydrogens is 217 g/mol. The molecule has 0 N–H and O–H groups in total. The summed E-state index contributed by atoms with van der Waals surface area (Å²) in [5.41, 5.74) is 2.67. The molecule has 0 atom stereocenters. The monoisotopic (exact) mass is 229 g/mol. The summed E-state index contributed by atoms with van der Waals surface area (Å²) in [6.07, 6.45) is 1.90. The molecule has 0 aliphatic heterocycles. The van der Waals surface area contributed by atoms with Gasteiger partial charge in [0.25, 0.3) is 0 Å². The Bertz CT molecular complexity index is 310. The summed E-state index contributed by atoms with van der Waals surface area (Å²) in [4.78, 5) is 2.14. The number of rotatable bonds is 4. The fraction of sp³-hybridized carbons (Fsp3) is 0.273.